The second kappa shape index (κ2) is 6.07. The van der Waals surface area contributed by atoms with Gasteiger partial charge in [-0.2, -0.15) is 0 Å². The number of benzene rings is 2. The molecule has 6 heteroatoms. The highest BCUT2D eigenvalue weighted by Gasteiger charge is 2.31. The molecule has 0 aliphatic carbocycles. The summed E-state index contributed by atoms with van der Waals surface area (Å²) in [7, 11) is -3.82. The molecule has 0 N–H and O–H groups in total. The summed E-state index contributed by atoms with van der Waals surface area (Å²) in [6.07, 6.45) is 0. The number of halogens is 2. The van der Waals surface area contributed by atoms with Gasteiger partial charge in [0, 0.05) is 10.0 Å². The van der Waals surface area contributed by atoms with Gasteiger partial charge in [-0.15, -0.1) is 0 Å². The second-order valence-electron chi connectivity index (χ2n) is 4.49. The van der Waals surface area contributed by atoms with E-state index in [0.717, 1.165) is 12.1 Å². The SMILES string of the molecule is CC(C(=O)c1ccc(F)cc1)S(=O)(=O)c1ccccc1Br. The van der Waals surface area contributed by atoms with Gasteiger partial charge < -0.3 is 0 Å². The monoisotopic (exact) mass is 370 g/mol. The summed E-state index contributed by atoms with van der Waals surface area (Å²) >= 11 is 3.18. The van der Waals surface area contributed by atoms with Crippen LogP contribution in [0.4, 0.5) is 4.39 Å². The van der Waals surface area contributed by atoms with Crippen LogP contribution in [0, 0.1) is 5.82 Å². The van der Waals surface area contributed by atoms with Gasteiger partial charge in [0.15, 0.2) is 15.6 Å². The fraction of sp³-hybridized carbons (Fsp3) is 0.133. The van der Waals surface area contributed by atoms with Crippen molar-refractivity contribution in [3.05, 3.63) is 64.4 Å². The summed E-state index contributed by atoms with van der Waals surface area (Å²) in [6, 6.07) is 11.1. The zero-order chi connectivity index (χ0) is 15.6. The maximum absolute atomic E-state index is 12.9. The summed E-state index contributed by atoms with van der Waals surface area (Å²) in [4.78, 5) is 12.3. The number of carbonyl (C=O) groups excluding carboxylic acids is 1. The minimum atomic E-state index is -3.82. The molecule has 2 rings (SSSR count). The third kappa shape index (κ3) is 3.22. The predicted molar refractivity (Wildman–Crippen MR) is 81.5 cm³/mol. The van der Waals surface area contributed by atoms with Crippen molar-refractivity contribution >= 4 is 31.6 Å². The number of carbonyl (C=O) groups is 1. The molecule has 0 fully saturated rings. The third-order valence-corrected chi connectivity index (χ3v) is 6.17. The van der Waals surface area contributed by atoms with Gasteiger partial charge >= 0.3 is 0 Å². The first-order valence-electron chi connectivity index (χ1n) is 6.12. The number of ketones is 1. The fourth-order valence-corrected chi connectivity index (χ4v) is 4.22. The van der Waals surface area contributed by atoms with E-state index < -0.39 is 26.7 Å². The molecule has 0 aliphatic rings. The van der Waals surface area contributed by atoms with Crippen LogP contribution in [0.1, 0.15) is 17.3 Å². The van der Waals surface area contributed by atoms with Crippen LogP contribution in [0.2, 0.25) is 0 Å². The summed E-state index contributed by atoms with van der Waals surface area (Å²) < 4.78 is 38.3. The molecule has 0 saturated heterocycles. The Bertz CT molecular complexity index is 770. The Labute approximate surface area is 130 Å². The van der Waals surface area contributed by atoms with Crippen LogP contribution in [0.15, 0.2) is 57.9 Å². The standard InChI is InChI=1S/C15H12BrFO3S/c1-10(15(18)11-6-8-12(17)9-7-11)21(19,20)14-5-3-2-4-13(14)16/h2-10H,1H3. The Hall–Kier alpha value is -1.53. The molecule has 21 heavy (non-hydrogen) atoms. The highest BCUT2D eigenvalue weighted by molar-refractivity contribution is 9.10. The molecule has 0 aliphatic heterocycles. The van der Waals surface area contributed by atoms with E-state index in [9.17, 15) is 17.6 Å². The third-order valence-electron chi connectivity index (χ3n) is 3.11. The number of hydrogen-bond donors (Lipinski definition) is 0. The summed E-state index contributed by atoms with van der Waals surface area (Å²) in [5, 5.41) is -1.25. The van der Waals surface area contributed by atoms with Crippen LogP contribution in [-0.4, -0.2) is 19.5 Å². The lowest BCUT2D eigenvalue weighted by Crippen LogP contribution is -2.27. The van der Waals surface area contributed by atoms with Crippen molar-refractivity contribution in [3.63, 3.8) is 0 Å². The van der Waals surface area contributed by atoms with E-state index in [1.54, 1.807) is 18.2 Å². The van der Waals surface area contributed by atoms with E-state index in [2.05, 4.69) is 15.9 Å². The maximum atomic E-state index is 12.9. The molecule has 1 atom stereocenters. The average Bonchev–Trinajstić information content (AvgIpc) is 2.46. The Morgan fingerprint density at radius 1 is 1.10 bits per heavy atom. The van der Waals surface area contributed by atoms with Crippen molar-refractivity contribution in [2.75, 3.05) is 0 Å². The Morgan fingerprint density at radius 2 is 1.67 bits per heavy atom. The molecule has 2 aromatic rings. The van der Waals surface area contributed by atoms with Crippen molar-refractivity contribution in [2.45, 2.75) is 17.1 Å². The molecule has 3 nitrogen and oxygen atoms in total. The molecular weight excluding hydrogens is 359 g/mol. The summed E-state index contributed by atoms with van der Waals surface area (Å²) in [5.74, 6) is -1.04. The van der Waals surface area contributed by atoms with Crippen LogP contribution >= 0.6 is 15.9 Å². The number of Topliss-reactive ketones (excluding diaryl/α,β-unsaturated/α-hetero) is 1. The van der Waals surface area contributed by atoms with Crippen LogP contribution in [0.5, 0.6) is 0 Å². The van der Waals surface area contributed by atoms with Crippen molar-refractivity contribution in [1.29, 1.82) is 0 Å². The number of sulfone groups is 1. The van der Waals surface area contributed by atoms with E-state index in [1.165, 1.54) is 25.1 Å². The molecule has 1 unspecified atom stereocenters. The van der Waals surface area contributed by atoms with E-state index in [4.69, 9.17) is 0 Å². The lowest BCUT2D eigenvalue weighted by atomic mass is 10.1. The summed E-state index contributed by atoms with van der Waals surface area (Å²) in [6.45, 7) is 1.33. The van der Waals surface area contributed by atoms with Crippen molar-refractivity contribution in [2.24, 2.45) is 0 Å². The second-order valence-corrected chi connectivity index (χ2v) is 7.58. The molecule has 0 aromatic heterocycles. The van der Waals surface area contributed by atoms with Gasteiger partial charge in [-0.1, -0.05) is 12.1 Å². The van der Waals surface area contributed by atoms with Crippen molar-refractivity contribution in [3.8, 4) is 0 Å². The van der Waals surface area contributed by atoms with Gasteiger partial charge in [0.25, 0.3) is 0 Å². The molecule has 0 saturated carbocycles. The number of rotatable bonds is 4. The van der Waals surface area contributed by atoms with Crippen LogP contribution in [0.3, 0.4) is 0 Å². The highest BCUT2D eigenvalue weighted by Crippen LogP contribution is 2.26. The van der Waals surface area contributed by atoms with E-state index >= 15 is 0 Å². The molecule has 0 radical (unpaired) electrons. The zero-order valence-electron chi connectivity index (χ0n) is 11.1. The van der Waals surface area contributed by atoms with Gasteiger partial charge in [-0.05, 0) is 59.3 Å². The average molecular weight is 371 g/mol. The van der Waals surface area contributed by atoms with E-state index in [-0.39, 0.29) is 10.5 Å². The smallest absolute Gasteiger partial charge is 0.189 e. The van der Waals surface area contributed by atoms with Gasteiger partial charge in [0.05, 0.1) is 4.90 Å². The van der Waals surface area contributed by atoms with Crippen LogP contribution < -0.4 is 0 Å². The molecule has 0 spiro atoms. The van der Waals surface area contributed by atoms with Gasteiger partial charge in [0.1, 0.15) is 11.1 Å². The zero-order valence-corrected chi connectivity index (χ0v) is 13.5. The largest absolute Gasteiger partial charge is 0.293 e. The lowest BCUT2D eigenvalue weighted by molar-refractivity contribution is 0.0991. The first-order chi connectivity index (χ1) is 9.84. The Balaban J connectivity index is 2.39. The highest BCUT2D eigenvalue weighted by atomic mass is 79.9. The fourth-order valence-electron chi connectivity index (χ4n) is 1.86. The van der Waals surface area contributed by atoms with Crippen molar-refractivity contribution < 1.29 is 17.6 Å². The molecule has 0 heterocycles. The normalized spacial score (nSPS) is 12.9. The first kappa shape index (κ1) is 15.9. The van der Waals surface area contributed by atoms with Crippen LogP contribution in [0.25, 0.3) is 0 Å². The molecule has 2 aromatic carbocycles. The summed E-state index contributed by atoms with van der Waals surface area (Å²) in [5.41, 5.74) is 0.166. The van der Waals surface area contributed by atoms with Crippen LogP contribution in [-0.2, 0) is 9.84 Å². The number of hydrogen-bond acceptors (Lipinski definition) is 3. The van der Waals surface area contributed by atoms with Gasteiger partial charge in [-0.3, -0.25) is 4.79 Å². The minimum absolute atomic E-state index is 0.0629. The molecule has 0 amide bonds. The van der Waals surface area contributed by atoms with E-state index in [1.807, 2.05) is 0 Å². The van der Waals surface area contributed by atoms with Gasteiger partial charge in [0.2, 0.25) is 0 Å². The quantitative estimate of drug-likeness (QED) is 0.772. The topological polar surface area (TPSA) is 51.2 Å². The molecular formula is C15H12BrFO3S. The van der Waals surface area contributed by atoms with Gasteiger partial charge in [-0.25, -0.2) is 12.8 Å². The molecule has 0 bridgehead atoms. The maximum Gasteiger partial charge on any atom is 0.189 e. The Kier molecular flexibility index (Phi) is 4.58. The molecule has 110 valence electrons. The van der Waals surface area contributed by atoms with Crippen molar-refractivity contribution in [1.82, 2.24) is 0 Å². The minimum Gasteiger partial charge on any atom is -0.293 e. The first-order valence-corrected chi connectivity index (χ1v) is 8.46. The lowest BCUT2D eigenvalue weighted by Gasteiger charge is -2.13. The van der Waals surface area contributed by atoms with E-state index in [0.29, 0.717) is 4.47 Å². The predicted octanol–water partition coefficient (Wildman–Crippen LogP) is 3.63. The Morgan fingerprint density at radius 3 is 2.24 bits per heavy atom.